The highest BCUT2D eigenvalue weighted by Gasteiger charge is 2.34. The van der Waals surface area contributed by atoms with Gasteiger partial charge in [-0.2, -0.15) is 0 Å². The Morgan fingerprint density at radius 1 is 1.33 bits per heavy atom. The second-order valence-electron chi connectivity index (χ2n) is 4.37. The van der Waals surface area contributed by atoms with Crippen LogP contribution >= 0.6 is 0 Å². The first kappa shape index (κ1) is 12.7. The van der Waals surface area contributed by atoms with Crippen LogP contribution in [0.15, 0.2) is 12.4 Å². The van der Waals surface area contributed by atoms with Gasteiger partial charge in [0.1, 0.15) is 5.82 Å². The van der Waals surface area contributed by atoms with E-state index in [1.165, 1.54) is 6.20 Å². The molecule has 7 heteroatoms. The zero-order chi connectivity index (χ0) is 13.2. The van der Waals surface area contributed by atoms with E-state index in [0.29, 0.717) is 18.7 Å². The molecule has 1 heterocycles. The summed E-state index contributed by atoms with van der Waals surface area (Å²) in [6, 6.07) is -0.0606. The van der Waals surface area contributed by atoms with Crippen molar-refractivity contribution in [3.8, 4) is 0 Å². The molecular weight excluding hydrogens is 244 g/mol. The highest BCUT2D eigenvalue weighted by molar-refractivity contribution is 5.84. The van der Waals surface area contributed by atoms with Gasteiger partial charge in [-0.3, -0.25) is 0 Å². The maximum absolute atomic E-state index is 12.9. The number of hydrogen-bond donors (Lipinski definition) is 2. The summed E-state index contributed by atoms with van der Waals surface area (Å²) in [6.07, 6.45) is 2.92. The van der Waals surface area contributed by atoms with Crippen molar-refractivity contribution in [2.45, 2.75) is 37.6 Å². The summed E-state index contributed by atoms with van der Waals surface area (Å²) in [5.74, 6) is -3.29. The van der Waals surface area contributed by atoms with E-state index < -0.39 is 11.9 Å². The van der Waals surface area contributed by atoms with Gasteiger partial charge in [-0.1, -0.05) is 0 Å². The molecule has 1 aliphatic carbocycles. The Bertz CT molecular complexity index is 426. The maximum Gasteiger partial charge on any atom is 0.356 e. The smallest absolute Gasteiger partial charge is 0.356 e. The number of aromatic carboxylic acids is 1. The van der Waals surface area contributed by atoms with Crippen molar-refractivity contribution in [1.82, 2.24) is 9.97 Å². The van der Waals surface area contributed by atoms with E-state index in [4.69, 9.17) is 5.11 Å². The van der Waals surface area contributed by atoms with E-state index >= 15 is 0 Å². The number of nitrogens with zero attached hydrogens (tertiary/aromatic N) is 2. The summed E-state index contributed by atoms with van der Waals surface area (Å²) in [4.78, 5) is 18.2. The van der Waals surface area contributed by atoms with Crippen molar-refractivity contribution in [3.63, 3.8) is 0 Å². The molecule has 0 spiro atoms. The Morgan fingerprint density at radius 3 is 2.50 bits per heavy atom. The number of hydrogen-bond acceptors (Lipinski definition) is 4. The number of carboxylic acids is 1. The molecule has 0 saturated heterocycles. The number of carbonyl (C=O) groups is 1. The molecule has 0 unspecified atom stereocenters. The summed E-state index contributed by atoms with van der Waals surface area (Å²) in [5, 5.41) is 11.6. The van der Waals surface area contributed by atoms with Crippen molar-refractivity contribution >= 4 is 11.8 Å². The second kappa shape index (κ2) is 4.83. The van der Waals surface area contributed by atoms with E-state index in [2.05, 4.69) is 15.3 Å². The van der Waals surface area contributed by atoms with Crippen LogP contribution in [0.25, 0.3) is 0 Å². The lowest BCUT2D eigenvalue weighted by molar-refractivity contribution is -0.0361. The molecule has 0 atom stereocenters. The third-order valence-electron chi connectivity index (χ3n) is 2.94. The Balaban J connectivity index is 1.92. The molecule has 1 fully saturated rings. The number of halogens is 2. The van der Waals surface area contributed by atoms with E-state index in [9.17, 15) is 13.6 Å². The van der Waals surface area contributed by atoms with E-state index in [1.54, 1.807) is 0 Å². The normalized spacial score (nSPS) is 19.4. The first-order valence-corrected chi connectivity index (χ1v) is 5.66. The van der Waals surface area contributed by atoms with Crippen molar-refractivity contribution in [1.29, 1.82) is 0 Å². The van der Waals surface area contributed by atoms with Crippen molar-refractivity contribution in [2.24, 2.45) is 0 Å². The van der Waals surface area contributed by atoms with E-state index in [0.717, 1.165) is 6.20 Å². The first-order valence-electron chi connectivity index (χ1n) is 5.66. The highest BCUT2D eigenvalue weighted by atomic mass is 19.3. The summed E-state index contributed by atoms with van der Waals surface area (Å²) in [7, 11) is 0. The lowest BCUT2D eigenvalue weighted by Gasteiger charge is -2.28. The molecular formula is C11H13F2N3O2. The molecule has 0 aromatic carbocycles. The minimum absolute atomic E-state index is 0.0606. The van der Waals surface area contributed by atoms with Gasteiger partial charge in [0, 0.05) is 18.9 Å². The molecule has 5 nitrogen and oxygen atoms in total. The molecule has 0 bridgehead atoms. The van der Waals surface area contributed by atoms with Crippen LogP contribution in [-0.2, 0) is 0 Å². The van der Waals surface area contributed by atoms with Gasteiger partial charge in [-0.25, -0.2) is 23.5 Å². The molecule has 0 aliphatic heterocycles. The predicted octanol–water partition coefficient (Wildman–Crippen LogP) is 2.16. The van der Waals surface area contributed by atoms with Crippen LogP contribution in [0.5, 0.6) is 0 Å². The highest BCUT2D eigenvalue weighted by Crippen LogP contribution is 2.33. The number of rotatable bonds is 3. The van der Waals surface area contributed by atoms with Gasteiger partial charge in [0.05, 0.1) is 12.4 Å². The maximum atomic E-state index is 12.9. The summed E-state index contributed by atoms with van der Waals surface area (Å²) in [6.45, 7) is 0. The van der Waals surface area contributed by atoms with E-state index in [-0.39, 0.29) is 24.6 Å². The van der Waals surface area contributed by atoms with Gasteiger partial charge in [0.15, 0.2) is 5.69 Å². The van der Waals surface area contributed by atoms with Gasteiger partial charge in [-0.15, -0.1) is 0 Å². The zero-order valence-corrected chi connectivity index (χ0v) is 9.57. The topological polar surface area (TPSA) is 75.1 Å². The molecule has 1 aromatic heterocycles. The number of aromatic nitrogens is 2. The molecule has 1 saturated carbocycles. The van der Waals surface area contributed by atoms with Gasteiger partial charge in [0.25, 0.3) is 0 Å². The summed E-state index contributed by atoms with van der Waals surface area (Å²) < 4.78 is 25.9. The molecule has 1 aromatic rings. The van der Waals surface area contributed by atoms with Gasteiger partial charge in [0.2, 0.25) is 5.92 Å². The fraction of sp³-hybridized carbons (Fsp3) is 0.545. The SMILES string of the molecule is O=C(O)c1cnc(NC2CCC(F)(F)CC2)cn1. The standard InChI is InChI=1S/C11H13F2N3O2/c12-11(13)3-1-7(2-4-11)16-9-6-14-8(5-15-9)10(17)18/h5-7H,1-4H2,(H,15,16)(H,17,18). The third-order valence-corrected chi connectivity index (χ3v) is 2.94. The van der Waals surface area contributed by atoms with Crippen LogP contribution in [0.2, 0.25) is 0 Å². The second-order valence-corrected chi connectivity index (χ2v) is 4.37. The third kappa shape index (κ3) is 3.12. The molecule has 98 valence electrons. The van der Waals surface area contributed by atoms with Crippen LogP contribution in [0.3, 0.4) is 0 Å². The Hall–Kier alpha value is -1.79. The van der Waals surface area contributed by atoms with Gasteiger partial charge >= 0.3 is 5.97 Å². The minimum Gasteiger partial charge on any atom is -0.476 e. The molecule has 0 radical (unpaired) electrons. The molecule has 1 aliphatic rings. The average molecular weight is 257 g/mol. The molecule has 18 heavy (non-hydrogen) atoms. The average Bonchev–Trinajstić information content (AvgIpc) is 2.33. The van der Waals surface area contributed by atoms with Crippen LogP contribution < -0.4 is 5.32 Å². The molecule has 0 amide bonds. The van der Waals surface area contributed by atoms with Gasteiger partial charge < -0.3 is 10.4 Å². The Kier molecular flexibility index (Phi) is 3.40. The van der Waals surface area contributed by atoms with Gasteiger partial charge in [-0.05, 0) is 12.8 Å². The number of alkyl halides is 2. The summed E-state index contributed by atoms with van der Waals surface area (Å²) >= 11 is 0. The number of anilines is 1. The fourth-order valence-corrected chi connectivity index (χ4v) is 1.91. The largest absolute Gasteiger partial charge is 0.476 e. The lowest BCUT2D eigenvalue weighted by atomic mass is 9.92. The monoisotopic (exact) mass is 257 g/mol. The number of nitrogens with one attached hydrogen (secondary N) is 1. The number of carboxylic acid groups (broad SMARTS) is 1. The van der Waals surface area contributed by atoms with Crippen molar-refractivity contribution in [3.05, 3.63) is 18.1 Å². The van der Waals surface area contributed by atoms with Crippen molar-refractivity contribution in [2.75, 3.05) is 5.32 Å². The first-order chi connectivity index (χ1) is 8.46. The molecule has 2 N–H and O–H groups in total. The lowest BCUT2D eigenvalue weighted by Crippen LogP contribution is -2.32. The van der Waals surface area contributed by atoms with Crippen LogP contribution in [-0.4, -0.2) is 33.0 Å². The predicted molar refractivity (Wildman–Crippen MR) is 59.8 cm³/mol. The van der Waals surface area contributed by atoms with Crippen LogP contribution in [0.1, 0.15) is 36.2 Å². The fourth-order valence-electron chi connectivity index (χ4n) is 1.91. The quantitative estimate of drug-likeness (QED) is 0.867. The summed E-state index contributed by atoms with van der Waals surface area (Å²) in [5.41, 5.74) is -0.143. The Morgan fingerprint density at radius 2 is 2.00 bits per heavy atom. The van der Waals surface area contributed by atoms with Crippen LogP contribution in [0.4, 0.5) is 14.6 Å². The molecule has 2 rings (SSSR count). The van der Waals surface area contributed by atoms with Crippen LogP contribution in [0, 0.1) is 0 Å². The minimum atomic E-state index is -2.56. The Labute approximate surface area is 102 Å². The van der Waals surface area contributed by atoms with E-state index in [1.807, 2.05) is 0 Å². The zero-order valence-electron chi connectivity index (χ0n) is 9.57. The van der Waals surface area contributed by atoms with Crippen molar-refractivity contribution < 1.29 is 18.7 Å².